The Balaban J connectivity index is 1.57. The summed E-state index contributed by atoms with van der Waals surface area (Å²) in [6.07, 6.45) is 7.17. The third kappa shape index (κ3) is 2.14. The van der Waals surface area contributed by atoms with Crippen LogP contribution in [0.1, 0.15) is 45.4 Å². The number of benzene rings is 1. The molecule has 112 valence electrons. The molecule has 0 radical (unpaired) electrons. The van der Waals surface area contributed by atoms with Crippen LogP contribution in [0.3, 0.4) is 0 Å². The number of phenols is 1. The maximum atomic E-state index is 12.9. The predicted octanol–water partition coefficient (Wildman–Crippen LogP) is 3.94. The fraction of sp³-hybridized carbons (Fsp3) is 0.611. The van der Waals surface area contributed by atoms with E-state index >= 15 is 0 Å². The Bertz CT molecular complexity index is 563. The maximum absolute atomic E-state index is 12.9. The van der Waals surface area contributed by atoms with Gasteiger partial charge < -0.3 is 10.4 Å². The highest BCUT2D eigenvalue weighted by Crippen LogP contribution is 2.65. The lowest BCUT2D eigenvalue weighted by atomic mass is 9.44. The van der Waals surface area contributed by atoms with Gasteiger partial charge in [-0.1, -0.05) is 6.92 Å². The fourth-order valence-electron chi connectivity index (χ4n) is 5.79. The zero-order chi connectivity index (χ0) is 14.7. The molecule has 4 fully saturated rings. The number of rotatable bonds is 2. The standard InChI is InChI=1S/C18H23NO2/c1-17-7-12-6-13(8-17)10-18(9-12,11-17)16(21)19-14-2-4-15(20)5-3-14/h2-5,12-13,20H,6-11H2,1H3,(H,19,21). The van der Waals surface area contributed by atoms with Gasteiger partial charge in [0, 0.05) is 5.69 Å². The Morgan fingerprint density at radius 1 is 1.14 bits per heavy atom. The minimum absolute atomic E-state index is 0.142. The lowest BCUT2D eigenvalue weighted by Gasteiger charge is -2.60. The highest BCUT2D eigenvalue weighted by molar-refractivity contribution is 5.95. The number of anilines is 1. The fourth-order valence-corrected chi connectivity index (χ4v) is 5.79. The number of nitrogens with one attached hydrogen (secondary N) is 1. The van der Waals surface area contributed by atoms with Crippen molar-refractivity contribution in [3.05, 3.63) is 24.3 Å². The molecule has 4 aliphatic rings. The van der Waals surface area contributed by atoms with Crippen LogP contribution >= 0.6 is 0 Å². The Morgan fingerprint density at radius 3 is 2.33 bits per heavy atom. The second-order valence-electron chi connectivity index (χ2n) is 8.05. The van der Waals surface area contributed by atoms with Crippen LogP contribution in [0.2, 0.25) is 0 Å². The Morgan fingerprint density at radius 2 is 1.76 bits per heavy atom. The van der Waals surface area contributed by atoms with Gasteiger partial charge in [-0.25, -0.2) is 0 Å². The van der Waals surface area contributed by atoms with Gasteiger partial charge in [-0.2, -0.15) is 0 Å². The van der Waals surface area contributed by atoms with Crippen LogP contribution in [0.5, 0.6) is 5.75 Å². The van der Waals surface area contributed by atoms with Gasteiger partial charge in [0.15, 0.2) is 0 Å². The molecule has 0 aromatic heterocycles. The third-order valence-electron chi connectivity index (χ3n) is 5.96. The topological polar surface area (TPSA) is 49.3 Å². The molecule has 0 spiro atoms. The number of carbonyl (C=O) groups is 1. The lowest BCUT2D eigenvalue weighted by molar-refractivity contribution is -0.149. The average molecular weight is 285 g/mol. The van der Waals surface area contributed by atoms with Crippen molar-refractivity contribution < 1.29 is 9.90 Å². The summed E-state index contributed by atoms with van der Waals surface area (Å²) in [5, 5.41) is 12.4. The predicted molar refractivity (Wildman–Crippen MR) is 82.0 cm³/mol. The largest absolute Gasteiger partial charge is 0.508 e. The monoisotopic (exact) mass is 285 g/mol. The van der Waals surface area contributed by atoms with Crippen LogP contribution in [0.25, 0.3) is 0 Å². The summed E-state index contributed by atoms with van der Waals surface area (Å²) >= 11 is 0. The molecule has 1 amide bonds. The summed E-state index contributed by atoms with van der Waals surface area (Å²) in [5.41, 5.74) is 1.03. The molecule has 5 rings (SSSR count). The van der Waals surface area contributed by atoms with Gasteiger partial charge in [-0.05, 0) is 80.0 Å². The van der Waals surface area contributed by atoms with Crippen LogP contribution in [-0.2, 0) is 4.79 Å². The number of hydrogen-bond donors (Lipinski definition) is 2. The molecule has 21 heavy (non-hydrogen) atoms. The van der Waals surface area contributed by atoms with E-state index in [-0.39, 0.29) is 17.1 Å². The average Bonchev–Trinajstić information content (AvgIpc) is 2.38. The quantitative estimate of drug-likeness (QED) is 0.809. The normalized spacial score (nSPS) is 40.2. The van der Waals surface area contributed by atoms with Crippen molar-refractivity contribution in [2.24, 2.45) is 22.7 Å². The van der Waals surface area contributed by atoms with E-state index in [2.05, 4.69) is 12.2 Å². The first-order valence-electron chi connectivity index (χ1n) is 8.07. The van der Waals surface area contributed by atoms with E-state index in [1.807, 2.05) is 0 Å². The Hall–Kier alpha value is -1.51. The van der Waals surface area contributed by atoms with Crippen LogP contribution in [0.15, 0.2) is 24.3 Å². The summed E-state index contributed by atoms with van der Waals surface area (Å²) in [5.74, 6) is 1.94. The van der Waals surface area contributed by atoms with E-state index in [4.69, 9.17) is 0 Å². The molecule has 2 atom stereocenters. The molecule has 1 aromatic rings. The molecule has 1 aromatic carbocycles. The molecule has 4 saturated carbocycles. The van der Waals surface area contributed by atoms with Gasteiger partial charge in [0.05, 0.1) is 5.41 Å². The zero-order valence-electron chi connectivity index (χ0n) is 12.6. The number of amides is 1. The Labute approximate surface area is 125 Å². The minimum Gasteiger partial charge on any atom is -0.508 e. The van der Waals surface area contributed by atoms with Crippen LogP contribution in [0, 0.1) is 22.7 Å². The van der Waals surface area contributed by atoms with E-state index in [9.17, 15) is 9.90 Å². The van der Waals surface area contributed by atoms with Crippen molar-refractivity contribution in [1.29, 1.82) is 0 Å². The molecule has 2 unspecified atom stereocenters. The first-order valence-corrected chi connectivity index (χ1v) is 8.07. The van der Waals surface area contributed by atoms with Crippen LogP contribution in [-0.4, -0.2) is 11.0 Å². The molecule has 4 aliphatic carbocycles. The molecule has 0 saturated heterocycles. The van der Waals surface area contributed by atoms with Crippen molar-refractivity contribution in [2.45, 2.75) is 45.4 Å². The number of carbonyl (C=O) groups excluding carboxylic acids is 1. The molecular formula is C18H23NO2. The van der Waals surface area contributed by atoms with E-state index in [1.54, 1.807) is 24.3 Å². The van der Waals surface area contributed by atoms with E-state index < -0.39 is 0 Å². The van der Waals surface area contributed by atoms with Gasteiger partial charge in [-0.15, -0.1) is 0 Å². The van der Waals surface area contributed by atoms with Crippen molar-refractivity contribution in [3.8, 4) is 5.75 Å². The minimum atomic E-state index is -0.142. The molecule has 0 aliphatic heterocycles. The number of phenolic OH excluding ortho intramolecular Hbond substituents is 1. The van der Waals surface area contributed by atoms with Crippen LogP contribution in [0.4, 0.5) is 5.69 Å². The Kier molecular flexibility index (Phi) is 2.66. The SMILES string of the molecule is CC12CC3CC(C1)CC(C(=O)Nc1ccc(O)cc1)(C3)C2. The van der Waals surface area contributed by atoms with Crippen LogP contribution < -0.4 is 5.32 Å². The molecule has 2 N–H and O–H groups in total. The summed E-state index contributed by atoms with van der Waals surface area (Å²) in [4.78, 5) is 12.9. The van der Waals surface area contributed by atoms with Gasteiger partial charge in [0.25, 0.3) is 0 Å². The highest BCUT2D eigenvalue weighted by atomic mass is 16.3. The number of hydrogen-bond acceptors (Lipinski definition) is 2. The van der Waals surface area contributed by atoms with E-state index in [0.717, 1.165) is 36.8 Å². The lowest BCUT2D eigenvalue weighted by Crippen LogP contribution is -2.55. The first kappa shape index (κ1) is 13.2. The molecule has 4 bridgehead atoms. The highest BCUT2D eigenvalue weighted by Gasteiger charge is 2.58. The second kappa shape index (κ2) is 4.25. The number of aromatic hydroxyl groups is 1. The van der Waals surface area contributed by atoms with Gasteiger partial charge in [-0.3, -0.25) is 4.79 Å². The third-order valence-corrected chi connectivity index (χ3v) is 5.96. The molecule has 3 heteroatoms. The summed E-state index contributed by atoms with van der Waals surface area (Å²) in [6.45, 7) is 2.38. The van der Waals surface area contributed by atoms with E-state index in [1.165, 1.54) is 19.3 Å². The van der Waals surface area contributed by atoms with Crippen molar-refractivity contribution >= 4 is 11.6 Å². The van der Waals surface area contributed by atoms with Crippen molar-refractivity contribution in [1.82, 2.24) is 0 Å². The van der Waals surface area contributed by atoms with Crippen molar-refractivity contribution in [3.63, 3.8) is 0 Å². The van der Waals surface area contributed by atoms with Crippen molar-refractivity contribution in [2.75, 3.05) is 5.32 Å². The first-order chi connectivity index (χ1) is 9.96. The smallest absolute Gasteiger partial charge is 0.230 e. The zero-order valence-corrected chi connectivity index (χ0v) is 12.6. The molecular weight excluding hydrogens is 262 g/mol. The maximum Gasteiger partial charge on any atom is 0.230 e. The van der Waals surface area contributed by atoms with Gasteiger partial charge in [0.1, 0.15) is 5.75 Å². The molecule has 0 heterocycles. The molecule has 3 nitrogen and oxygen atoms in total. The van der Waals surface area contributed by atoms with Gasteiger partial charge >= 0.3 is 0 Å². The van der Waals surface area contributed by atoms with E-state index in [0.29, 0.717) is 5.41 Å². The summed E-state index contributed by atoms with van der Waals surface area (Å²) < 4.78 is 0. The summed E-state index contributed by atoms with van der Waals surface area (Å²) in [6, 6.07) is 6.79. The van der Waals surface area contributed by atoms with Gasteiger partial charge in [0.2, 0.25) is 5.91 Å². The summed E-state index contributed by atoms with van der Waals surface area (Å²) in [7, 11) is 0. The second-order valence-corrected chi connectivity index (χ2v) is 8.05.